The monoisotopic (exact) mass is 358 g/mol. The molecule has 1 N–H and O–H groups in total. The van der Waals surface area contributed by atoms with Crippen molar-refractivity contribution in [2.24, 2.45) is 0 Å². The summed E-state index contributed by atoms with van der Waals surface area (Å²) in [6.07, 6.45) is 3.49. The molecule has 1 aliphatic heterocycles. The minimum Gasteiger partial charge on any atom is -0.353 e. The summed E-state index contributed by atoms with van der Waals surface area (Å²) in [5.41, 5.74) is 1.34. The van der Waals surface area contributed by atoms with Gasteiger partial charge in [0.25, 0.3) is 0 Å². The van der Waals surface area contributed by atoms with Gasteiger partial charge in [-0.2, -0.15) is 15.3 Å². The largest absolute Gasteiger partial charge is 0.353 e. The number of nitrogens with one attached hydrogen (secondary N) is 1. The summed E-state index contributed by atoms with van der Waals surface area (Å²) in [7, 11) is 0. The second-order valence-corrected chi connectivity index (χ2v) is 6.12. The number of anilines is 4. The highest BCUT2D eigenvalue weighted by Gasteiger charge is 2.19. The Balaban J connectivity index is 1.43. The third-order valence-electron chi connectivity index (χ3n) is 4.37. The zero-order chi connectivity index (χ0) is 18.5. The first-order chi connectivity index (χ1) is 13.3. The van der Waals surface area contributed by atoms with Gasteiger partial charge in [0.2, 0.25) is 5.95 Å². The lowest BCUT2D eigenvalue weighted by molar-refractivity contribution is 0.639. The molecule has 0 saturated carbocycles. The number of hydrogen-bond donors (Lipinski definition) is 1. The van der Waals surface area contributed by atoms with E-state index in [1.807, 2.05) is 36.5 Å². The molecule has 0 unspecified atom stereocenters. The third kappa shape index (κ3) is 3.93. The Hall–Kier alpha value is -3.73. The molecule has 0 radical (unpaired) electrons. The first kappa shape index (κ1) is 16.7. The standard InChI is InChI=1S/C19H18N8/c20-13-15-4-3-5-16(12-15)23-19-24-18(14-22-25-19)27-10-8-26(9-11-27)17-6-1-2-7-21-17/h1-7,12,14H,8-11H2,(H,23,24,25). The Morgan fingerprint density at radius 3 is 2.52 bits per heavy atom. The summed E-state index contributed by atoms with van der Waals surface area (Å²) in [6.45, 7) is 3.40. The van der Waals surface area contributed by atoms with E-state index in [0.29, 0.717) is 11.5 Å². The van der Waals surface area contributed by atoms with Crippen molar-refractivity contribution in [1.82, 2.24) is 20.2 Å². The van der Waals surface area contributed by atoms with Crippen LogP contribution < -0.4 is 15.1 Å². The first-order valence-corrected chi connectivity index (χ1v) is 8.70. The summed E-state index contributed by atoms with van der Waals surface area (Å²) in [5.74, 6) is 2.19. The van der Waals surface area contributed by atoms with Crippen molar-refractivity contribution >= 4 is 23.3 Å². The quantitative estimate of drug-likeness (QED) is 0.759. The van der Waals surface area contributed by atoms with E-state index in [1.165, 1.54) is 0 Å². The van der Waals surface area contributed by atoms with Gasteiger partial charge in [-0.1, -0.05) is 12.1 Å². The maximum atomic E-state index is 9.01. The topological polar surface area (TPSA) is 93.9 Å². The van der Waals surface area contributed by atoms with Crippen LogP contribution in [0.5, 0.6) is 0 Å². The normalized spacial score (nSPS) is 13.9. The van der Waals surface area contributed by atoms with E-state index < -0.39 is 0 Å². The van der Waals surface area contributed by atoms with Crippen LogP contribution in [0.2, 0.25) is 0 Å². The molecule has 134 valence electrons. The van der Waals surface area contributed by atoms with Gasteiger partial charge >= 0.3 is 0 Å². The Morgan fingerprint density at radius 1 is 0.963 bits per heavy atom. The molecule has 1 fully saturated rings. The number of nitrogens with zero attached hydrogens (tertiary/aromatic N) is 7. The average Bonchev–Trinajstić information content (AvgIpc) is 2.75. The SMILES string of the molecule is N#Cc1cccc(Nc2nncc(N3CCN(c4ccccn4)CC3)n2)c1. The molecule has 4 rings (SSSR count). The van der Waals surface area contributed by atoms with Crippen molar-refractivity contribution in [2.75, 3.05) is 41.3 Å². The lowest BCUT2D eigenvalue weighted by Crippen LogP contribution is -2.47. The van der Waals surface area contributed by atoms with E-state index in [1.54, 1.807) is 18.3 Å². The first-order valence-electron chi connectivity index (χ1n) is 8.70. The van der Waals surface area contributed by atoms with Gasteiger partial charge in [-0.15, -0.1) is 5.10 Å². The minimum absolute atomic E-state index is 0.412. The Labute approximate surface area is 157 Å². The Bertz CT molecular complexity index is 945. The molecule has 8 nitrogen and oxygen atoms in total. The molecule has 0 bridgehead atoms. The Kier molecular flexibility index (Phi) is 4.74. The van der Waals surface area contributed by atoms with Crippen LogP contribution in [-0.2, 0) is 0 Å². The molecule has 2 aromatic heterocycles. The number of rotatable bonds is 4. The van der Waals surface area contributed by atoms with Crippen LogP contribution in [0.25, 0.3) is 0 Å². The number of pyridine rings is 1. The minimum atomic E-state index is 0.412. The maximum Gasteiger partial charge on any atom is 0.249 e. The summed E-state index contributed by atoms with van der Waals surface area (Å²) in [4.78, 5) is 13.4. The smallest absolute Gasteiger partial charge is 0.249 e. The van der Waals surface area contributed by atoms with Crippen LogP contribution in [0, 0.1) is 11.3 Å². The maximum absolute atomic E-state index is 9.01. The van der Waals surface area contributed by atoms with Crippen LogP contribution in [-0.4, -0.2) is 46.3 Å². The number of hydrogen-bond acceptors (Lipinski definition) is 8. The summed E-state index contributed by atoms with van der Waals surface area (Å²) < 4.78 is 0. The third-order valence-corrected chi connectivity index (χ3v) is 4.37. The Morgan fingerprint density at radius 2 is 1.78 bits per heavy atom. The number of benzene rings is 1. The molecule has 0 aliphatic carbocycles. The van der Waals surface area contributed by atoms with E-state index in [4.69, 9.17) is 5.26 Å². The molecular weight excluding hydrogens is 340 g/mol. The number of piperazine rings is 1. The number of nitriles is 1. The van der Waals surface area contributed by atoms with Crippen molar-refractivity contribution in [2.45, 2.75) is 0 Å². The van der Waals surface area contributed by atoms with Crippen molar-refractivity contribution < 1.29 is 0 Å². The highest BCUT2D eigenvalue weighted by atomic mass is 15.3. The van der Waals surface area contributed by atoms with E-state index in [9.17, 15) is 0 Å². The summed E-state index contributed by atoms with van der Waals surface area (Å²) in [5, 5.41) is 20.2. The van der Waals surface area contributed by atoms with Gasteiger partial charge in [-0.05, 0) is 30.3 Å². The van der Waals surface area contributed by atoms with Gasteiger partial charge in [0.15, 0.2) is 5.82 Å². The second kappa shape index (κ2) is 7.66. The highest BCUT2D eigenvalue weighted by Crippen LogP contribution is 2.19. The van der Waals surface area contributed by atoms with Crippen LogP contribution in [0.3, 0.4) is 0 Å². The fraction of sp³-hybridized carbons (Fsp3) is 0.211. The van der Waals surface area contributed by atoms with Crippen LogP contribution in [0.4, 0.5) is 23.3 Å². The van der Waals surface area contributed by atoms with E-state index in [0.717, 1.165) is 43.5 Å². The molecule has 0 atom stereocenters. The molecule has 3 aromatic rings. The second-order valence-electron chi connectivity index (χ2n) is 6.12. The molecule has 1 aliphatic rings. The predicted octanol–water partition coefficient (Wildman–Crippen LogP) is 2.21. The van der Waals surface area contributed by atoms with E-state index in [2.05, 4.69) is 41.4 Å². The van der Waals surface area contributed by atoms with Gasteiger partial charge in [0.05, 0.1) is 17.8 Å². The van der Waals surface area contributed by atoms with Gasteiger partial charge in [0.1, 0.15) is 5.82 Å². The van der Waals surface area contributed by atoms with Crippen molar-refractivity contribution in [3.05, 3.63) is 60.4 Å². The molecule has 1 saturated heterocycles. The fourth-order valence-electron chi connectivity index (χ4n) is 3.00. The van der Waals surface area contributed by atoms with Gasteiger partial charge in [-0.3, -0.25) is 0 Å². The summed E-state index contributed by atoms with van der Waals surface area (Å²) >= 11 is 0. The van der Waals surface area contributed by atoms with Gasteiger partial charge in [-0.25, -0.2) is 4.98 Å². The molecular formula is C19H18N8. The molecule has 27 heavy (non-hydrogen) atoms. The highest BCUT2D eigenvalue weighted by molar-refractivity contribution is 5.57. The van der Waals surface area contributed by atoms with Gasteiger partial charge < -0.3 is 15.1 Å². The van der Waals surface area contributed by atoms with Crippen molar-refractivity contribution in [3.8, 4) is 6.07 Å². The zero-order valence-corrected chi connectivity index (χ0v) is 14.7. The summed E-state index contributed by atoms with van der Waals surface area (Å²) in [6, 6.07) is 15.3. The fourth-order valence-corrected chi connectivity index (χ4v) is 3.00. The average molecular weight is 358 g/mol. The molecule has 1 aromatic carbocycles. The lowest BCUT2D eigenvalue weighted by atomic mass is 10.2. The molecule has 3 heterocycles. The molecule has 8 heteroatoms. The predicted molar refractivity (Wildman–Crippen MR) is 103 cm³/mol. The van der Waals surface area contributed by atoms with Crippen molar-refractivity contribution in [1.29, 1.82) is 5.26 Å². The number of aromatic nitrogens is 4. The van der Waals surface area contributed by atoms with Crippen LogP contribution >= 0.6 is 0 Å². The van der Waals surface area contributed by atoms with Crippen LogP contribution in [0.1, 0.15) is 5.56 Å². The van der Waals surface area contributed by atoms with E-state index >= 15 is 0 Å². The lowest BCUT2D eigenvalue weighted by Gasteiger charge is -2.35. The zero-order valence-electron chi connectivity index (χ0n) is 14.7. The van der Waals surface area contributed by atoms with E-state index in [-0.39, 0.29) is 0 Å². The molecule has 0 spiro atoms. The van der Waals surface area contributed by atoms with Crippen molar-refractivity contribution in [3.63, 3.8) is 0 Å². The van der Waals surface area contributed by atoms with Gasteiger partial charge in [0, 0.05) is 38.1 Å². The molecule has 0 amide bonds. The van der Waals surface area contributed by atoms with Crippen LogP contribution in [0.15, 0.2) is 54.9 Å².